The molecule has 6 aromatic rings. The van der Waals surface area contributed by atoms with Crippen LogP contribution in [-0.2, 0) is 40.5 Å². The van der Waals surface area contributed by atoms with Crippen LogP contribution in [0, 0.1) is 0 Å². The number of aliphatic hydroxyl groups is 2. The van der Waals surface area contributed by atoms with Gasteiger partial charge in [-0.05, 0) is 54.1 Å². The van der Waals surface area contributed by atoms with Crippen LogP contribution in [0.1, 0.15) is 11.1 Å². The number of hydrogen-bond donors (Lipinski definition) is 2. The highest BCUT2D eigenvalue weighted by atomic mass is 32.2. The Morgan fingerprint density at radius 2 is 1.06 bits per heavy atom. The molecule has 0 bridgehead atoms. The molecule has 2 aromatic heterocycles. The lowest BCUT2D eigenvalue weighted by atomic mass is 10.2. The first-order valence-electron chi connectivity index (χ1n) is 14.8. The second-order valence-electron chi connectivity index (χ2n) is 10.9. The Balaban J connectivity index is 1.44. The first-order valence-corrected chi connectivity index (χ1v) is 22.2. The van der Waals surface area contributed by atoms with E-state index in [-0.39, 0.29) is 52.2 Å². The van der Waals surface area contributed by atoms with Crippen LogP contribution >= 0.6 is 22.7 Å². The maximum absolute atomic E-state index is 13.1. The first kappa shape index (κ1) is 39.1. The minimum Gasteiger partial charge on any atom is -0.320 e. The van der Waals surface area contributed by atoms with Crippen molar-refractivity contribution >= 4 is 107 Å². The summed E-state index contributed by atoms with van der Waals surface area (Å²) in [6.45, 7) is 7.23. The molecule has 0 spiro atoms. The highest BCUT2D eigenvalue weighted by molar-refractivity contribution is 7.87. The second kappa shape index (κ2) is 14.2. The van der Waals surface area contributed by atoms with E-state index in [1.54, 1.807) is 6.07 Å². The molecule has 16 nitrogen and oxygen atoms in total. The van der Waals surface area contributed by atoms with Gasteiger partial charge in [0, 0.05) is 16.7 Å². The van der Waals surface area contributed by atoms with Crippen LogP contribution in [-0.4, -0.2) is 75.3 Å². The van der Waals surface area contributed by atoms with Crippen LogP contribution in [0.5, 0.6) is 0 Å². The Labute approximate surface area is 316 Å². The minimum absolute atomic E-state index is 0.0786. The third-order valence-corrected chi connectivity index (χ3v) is 14.9. The smallest absolute Gasteiger partial charge is 0.320 e. The van der Waals surface area contributed by atoms with E-state index in [1.807, 2.05) is 0 Å². The SMILES string of the molecule is C=Cc1ccc2nc(-c3ccc(N=Nc4ccc(-c5nc6ccc(C=C)c(S(=O)(=O)[OH+]C)c6s5)cc4S(=O)(=O)[OH+]C)c(S(=O)(=O)O)c3)sc2c1S(=O)(=O)O. The standard InChI is InChI=1S/C32H24N4O12S6/c1-5-17-7-13-23-27(29(17)52(40,41)42)49-31(33-23)19-9-11-21(25(15-19)51(37,38)39)35-36-22-12-10-20(16-26(22)53(43,44)47-3)32-34-24-14-8-18(6-2)30(28(24)50-32)54(45,46)48-4/h5-16H,1-2H2,3-4H3,(H,37,38,39)(H,40,41,42)/p+2. The molecule has 0 unspecified atom stereocenters. The Morgan fingerprint density at radius 1 is 0.611 bits per heavy atom. The predicted octanol–water partition coefficient (Wildman–Crippen LogP) is 6.13. The van der Waals surface area contributed by atoms with Crippen molar-refractivity contribution in [2.45, 2.75) is 19.6 Å². The molecular weight excluding hydrogens is 825 g/mol. The fourth-order valence-corrected chi connectivity index (χ4v) is 11.4. The highest BCUT2D eigenvalue weighted by Gasteiger charge is 2.29. The zero-order chi connectivity index (χ0) is 39.4. The average Bonchev–Trinajstić information content (AvgIpc) is 3.77. The maximum Gasteiger partial charge on any atom is 0.412 e. The van der Waals surface area contributed by atoms with Gasteiger partial charge in [0.25, 0.3) is 20.2 Å². The Hall–Kier alpha value is -4.62. The summed E-state index contributed by atoms with van der Waals surface area (Å²) in [5, 5.41) is 8.31. The monoisotopic (exact) mass is 850 g/mol. The summed E-state index contributed by atoms with van der Waals surface area (Å²) in [6.07, 6.45) is 2.61. The summed E-state index contributed by atoms with van der Waals surface area (Å²) in [4.78, 5) is 7.16. The fourth-order valence-electron chi connectivity index (χ4n) is 5.24. The van der Waals surface area contributed by atoms with Crippen LogP contribution < -0.4 is 0 Å². The zero-order valence-electron chi connectivity index (χ0n) is 27.6. The van der Waals surface area contributed by atoms with Gasteiger partial charge in [0.15, 0.2) is 24.0 Å². The lowest BCUT2D eigenvalue weighted by Crippen LogP contribution is -2.09. The van der Waals surface area contributed by atoms with Crippen molar-refractivity contribution in [3.63, 3.8) is 0 Å². The summed E-state index contributed by atoms with van der Waals surface area (Å²) in [6, 6.07) is 13.5. The molecule has 4 aromatic carbocycles. The fraction of sp³-hybridized carbons (Fsp3) is 0.0625. The van der Waals surface area contributed by atoms with Gasteiger partial charge in [0.1, 0.15) is 31.2 Å². The first-order chi connectivity index (χ1) is 25.3. The normalized spacial score (nSPS) is 12.9. The van der Waals surface area contributed by atoms with Gasteiger partial charge in [-0.3, -0.25) is 9.11 Å². The van der Waals surface area contributed by atoms with Gasteiger partial charge in [-0.15, -0.1) is 49.7 Å². The lowest BCUT2D eigenvalue weighted by molar-refractivity contribution is 0.222. The summed E-state index contributed by atoms with van der Waals surface area (Å²) in [5.41, 5.74) is 0.635. The summed E-state index contributed by atoms with van der Waals surface area (Å²) in [5.74, 6) is 0. The van der Waals surface area contributed by atoms with Crippen molar-refractivity contribution in [3.05, 3.63) is 84.9 Å². The average molecular weight is 851 g/mol. The van der Waals surface area contributed by atoms with E-state index < -0.39 is 60.8 Å². The molecular formula is C32H26N4O12S6+2. The predicted molar refractivity (Wildman–Crippen MR) is 205 cm³/mol. The molecule has 0 saturated carbocycles. The van der Waals surface area contributed by atoms with Crippen molar-refractivity contribution in [2.24, 2.45) is 10.2 Å². The van der Waals surface area contributed by atoms with E-state index >= 15 is 0 Å². The third-order valence-electron chi connectivity index (χ3n) is 7.76. The van der Waals surface area contributed by atoms with Gasteiger partial charge in [0.05, 0.1) is 20.4 Å². The molecule has 280 valence electrons. The summed E-state index contributed by atoms with van der Waals surface area (Å²) < 4.78 is 129. The van der Waals surface area contributed by atoms with Crippen molar-refractivity contribution in [1.29, 1.82) is 0 Å². The van der Waals surface area contributed by atoms with Crippen LogP contribution in [0.25, 0.3) is 53.7 Å². The second-order valence-corrected chi connectivity index (χ2v) is 19.2. The van der Waals surface area contributed by atoms with Crippen LogP contribution in [0.2, 0.25) is 0 Å². The van der Waals surface area contributed by atoms with Gasteiger partial charge in [-0.2, -0.15) is 16.8 Å². The number of hydrogen-bond acceptors (Lipinski definition) is 14. The van der Waals surface area contributed by atoms with Gasteiger partial charge in [-0.1, -0.05) is 37.4 Å². The Kier molecular flexibility index (Phi) is 10.3. The number of azo groups is 1. The molecule has 0 aliphatic heterocycles. The van der Waals surface area contributed by atoms with Crippen molar-refractivity contribution in [1.82, 2.24) is 9.97 Å². The number of nitrogens with zero attached hydrogens (tertiary/aromatic N) is 4. The van der Waals surface area contributed by atoms with Crippen LogP contribution in [0.4, 0.5) is 11.4 Å². The van der Waals surface area contributed by atoms with Crippen LogP contribution in [0.3, 0.4) is 0 Å². The van der Waals surface area contributed by atoms with E-state index in [1.165, 1.54) is 60.7 Å². The van der Waals surface area contributed by atoms with Crippen molar-refractivity contribution in [3.8, 4) is 21.1 Å². The quantitative estimate of drug-likeness (QED) is 0.0611. The Morgan fingerprint density at radius 3 is 1.50 bits per heavy atom. The van der Waals surface area contributed by atoms with E-state index in [0.717, 1.165) is 43.0 Å². The molecule has 0 amide bonds. The summed E-state index contributed by atoms with van der Waals surface area (Å²) in [7, 11) is -16.0. The van der Waals surface area contributed by atoms with Gasteiger partial charge in [-0.25, -0.2) is 9.97 Å². The number of benzene rings is 4. The van der Waals surface area contributed by atoms with E-state index in [0.29, 0.717) is 11.1 Å². The molecule has 0 fully saturated rings. The van der Waals surface area contributed by atoms with E-state index in [2.05, 4.69) is 41.7 Å². The highest BCUT2D eigenvalue weighted by Crippen LogP contribution is 2.41. The molecule has 0 aliphatic rings. The van der Waals surface area contributed by atoms with Gasteiger partial charge >= 0.3 is 20.2 Å². The maximum atomic E-state index is 13.1. The topological polar surface area (TPSA) is 253 Å². The summed E-state index contributed by atoms with van der Waals surface area (Å²) >= 11 is 1.81. The van der Waals surface area contributed by atoms with Crippen molar-refractivity contribution in [2.75, 3.05) is 14.2 Å². The molecule has 22 heteroatoms. The van der Waals surface area contributed by atoms with Gasteiger partial charge < -0.3 is 8.37 Å². The number of thiazole rings is 2. The minimum atomic E-state index is -4.99. The van der Waals surface area contributed by atoms with E-state index in [4.69, 9.17) is 0 Å². The van der Waals surface area contributed by atoms with Crippen LogP contribution in [0.15, 0.2) is 104 Å². The lowest BCUT2D eigenvalue weighted by Gasteiger charge is -2.06. The molecule has 0 atom stereocenters. The zero-order valence-corrected chi connectivity index (χ0v) is 32.5. The molecule has 0 aliphatic carbocycles. The molecule has 0 radical (unpaired) electrons. The number of rotatable bonds is 12. The van der Waals surface area contributed by atoms with Crippen molar-refractivity contribution < 1.29 is 51.1 Å². The molecule has 4 N–H and O–H groups in total. The largest absolute Gasteiger partial charge is 0.412 e. The molecule has 0 saturated heterocycles. The third kappa shape index (κ3) is 7.27. The van der Waals surface area contributed by atoms with Gasteiger partial charge in [0.2, 0.25) is 0 Å². The number of fused-ring (bicyclic) bond motifs is 2. The number of aromatic nitrogens is 2. The molecule has 54 heavy (non-hydrogen) atoms. The molecule has 6 rings (SSSR count). The van der Waals surface area contributed by atoms with E-state index in [9.17, 15) is 42.8 Å². The molecule has 2 heterocycles. The Bertz CT molecular complexity index is 3040.